The molecule has 5 heteroatoms. The highest BCUT2D eigenvalue weighted by molar-refractivity contribution is 6.02. The van der Waals surface area contributed by atoms with Crippen LogP contribution in [-0.2, 0) is 14.3 Å². The smallest absolute Gasteiger partial charge is 0.319 e. The van der Waals surface area contributed by atoms with Gasteiger partial charge in [0.2, 0.25) is 5.91 Å². The SMILES string of the molecule is CNC(=O)C(C)(C(=O)O)C1CC(C)(C)OC1(C)C. The number of carboxylic acids is 1. The molecule has 0 aromatic heterocycles. The van der Waals surface area contributed by atoms with E-state index in [0.717, 1.165) is 0 Å². The number of ether oxygens (including phenoxy) is 1. The zero-order chi connectivity index (χ0) is 14.4. The molecule has 0 spiro atoms. The van der Waals surface area contributed by atoms with Gasteiger partial charge in [0, 0.05) is 13.0 Å². The maximum atomic E-state index is 12.0. The highest BCUT2D eigenvalue weighted by Gasteiger charge is 2.60. The van der Waals surface area contributed by atoms with Gasteiger partial charge in [-0.15, -0.1) is 0 Å². The third kappa shape index (κ3) is 2.23. The van der Waals surface area contributed by atoms with Gasteiger partial charge in [-0.3, -0.25) is 9.59 Å². The Morgan fingerprint density at radius 1 is 1.33 bits per heavy atom. The lowest BCUT2D eigenvalue weighted by Crippen LogP contribution is -2.53. The highest BCUT2D eigenvalue weighted by Crippen LogP contribution is 2.50. The molecule has 104 valence electrons. The topological polar surface area (TPSA) is 75.6 Å². The lowest BCUT2D eigenvalue weighted by atomic mass is 9.67. The van der Waals surface area contributed by atoms with Crippen molar-refractivity contribution in [2.75, 3.05) is 7.05 Å². The van der Waals surface area contributed by atoms with E-state index < -0.39 is 28.5 Å². The Labute approximate surface area is 108 Å². The van der Waals surface area contributed by atoms with Crippen molar-refractivity contribution in [3.8, 4) is 0 Å². The van der Waals surface area contributed by atoms with E-state index in [1.165, 1.54) is 14.0 Å². The van der Waals surface area contributed by atoms with Gasteiger partial charge in [-0.05, 0) is 41.0 Å². The van der Waals surface area contributed by atoms with Crippen LogP contribution >= 0.6 is 0 Å². The van der Waals surface area contributed by atoms with Gasteiger partial charge in [0.15, 0.2) is 0 Å². The molecule has 0 aromatic rings. The number of hydrogen-bond donors (Lipinski definition) is 2. The average Bonchev–Trinajstić information content (AvgIpc) is 2.44. The van der Waals surface area contributed by atoms with Crippen LogP contribution in [0.2, 0.25) is 0 Å². The van der Waals surface area contributed by atoms with E-state index in [-0.39, 0.29) is 5.92 Å². The zero-order valence-corrected chi connectivity index (χ0v) is 12.0. The maximum Gasteiger partial charge on any atom is 0.319 e. The van der Waals surface area contributed by atoms with Gasteiger partial charge >= 0.3 is 5.97 Å². The van der Waals surface area contributed by atoms with Crippen molar-refractivity contribution in [3.63, 3.8) is 0 Å². The van der Waals surface area contributed by atoms with Crippen LogP contribution in [0.5, 0.6) is 0 Å². The van der Waals surface area contributed by atoms with Crippen LogP contribution in [0.1, 0.15) is 41.0 Å². The van der Waals surface area contributed by atoms with Crippen molar-refractivity contribution < 1.29 is 19.4 Å². The molecule has 2 unspecified atom stereocenters. The van der Waals surface area contributed by atoms with Crippen LogP contribution in [0, 0.1) is 11.3 Å². The lowest BCUT2D eigenvalue weighted by molar-refractivity contribution is -0.164. The molecule has 0 bridgehead atoms. The Morgan fingerprint density at radius 2 is 1.83 bits per heavy atom. The quantitative estimate of drug-likeness (QED) is 0.750. The van der Waals surface area contributed by atoms with Crippen LogP contribution in [-0.4, -0.2) is 35.2 Å². The van der Waals surface area contributed by atoms with Gasteiger partial charge in [-0.25, -0.2) is 0 Å². The van der Waals surface area contributed by atoms with E-state index in [2.05, 4.69) is 5.32 Å². The third-order valence-electron chi connectivity index (χ3n) is 3.91. The maximum absolute atomic E-state index is 12.0. The third-order valence-corrected chi connectivity index (χ3v) is 3.91. The second-order valence-corrected chi connectivity index (χ2v) is 6.31. The summed E-state index contributed by atoms with van der Waals surface area (Å²) >= 11 is 0. The Morgan fingerprint density at radius 3 is 2.11 bits per heavy atom. The van der Waals surface area contributed by atoms with Crippen LogP contribution in [0.3, 0.4) is 0 Å². The average molecular weight is 257 g/mol. The number of amides is 1. The van der Waals surface area contributed by atoms with Crippen molar-refractivity contribution in [1.82, 2.24) is 5.32 Å². The van der Waals surface area contributed by atoms with Gasteiger partial charge < -0.3 is 15.2 Å². The Hall–Kier alpha value is -1.10. The zero-order valence-electron chi connectivity index (χ0n) is 12.0. The van der Waals surface area contributed by atoms with Gasteiger partial charge in [0.25, 0.3) is 0 Å². The van der Waals surface area contributed by atoms with E-state index in [1.54, 1.807) is 0 Å². The second-order valence-electron chi connectivity index (χ2n) is 6.31. The predicted octanol–water partition coefficient (Wildman–Crippen LogP) is 1.42. The van der Waals surface area contributed by atoms with Crippen molar-refractivity contribution in [3.05, 3.63) is 0 Å². The fourth-order valence-electron chi connectivity index (χ4n) is 3.13. The molecule has 0 aromatic carbocycles. The first-order valence-electron chi connectivity index (χ1n) is 6.13. The van der Waals surface area contributed by atoms with Gasteiger partial charge in [0.05, 0.1) is 11.2 Å². The van der Waals surface area contributed by atoms with Crippen LogP contribution < -0.4 is 5.32 Å². The van der Waals surface area contributed by atoms with E-state index in [0.29, 0.717) is 6.42 Å². The molecule has 1 saturated heterocycles. The van der Waals surface area contributed by atoms with Crippen LogP contribution in [0.15, 0.2) is 0 Å². The molecule has 1 fully saturated rings. The molecule has 0 radical (unpaired) electrons. The molecule has 18 heavy (non-hydrogen) atoms. The lowest BCUT2D eigenvalue weighted by Gasteiger charge is -2.36. The minimum absolute atomic E-state index is 0.377. The summed E-state index contributed by atoms with van der Waals surface area (Å²) in [5, 5.41) is 11.9. The van der Waals surface area contributed by atoms with E-state index in [4.69, 9.17) is 4.74 Å². The molecule has 1 heterocycles. The molecule has 2 N–H and O–H groups in total. The Bertz CT molecular complexity index is 375. The molecule has 1 rings (SSSR count). The summed E-state index contributed by atoms with van der Waals surface area (Å²) in [5.74, 6) is -1.96. The van der Waals surface area contributed by atoms with E-state index in [9.17, 15) is 14.7 Å². The van der Waals surface area contributed by atoms with Crippen molar-refractivity contribution in [2.24, 2.45) is 11.3 Å². The van der Waals surface area contributed by atoms with Crippen molar-refractivity contribution in [1.29, 1.82) is 0 Å². The number of aliphatic carboxylic acids is 1. The van der Waals surface area contributed by atoms with Gasteiger partial charge in [-0.1, -0.05) is 0 Å². The first kappa shape index (κ1) is 15.0. The fraction of sp³-hybridized carbons (Fsp3) is 0.846. The van der Waals surface area contributed by atoms with Crippen molar-refractivity contribution in [2.45, 2.75) is 52.2 Å². The molecule has 0 aliphatic carbocycles. The molecule has 2 atom stereocenters. The number of nitrogens with one attached hydrogen (secondary N) is 1. The monoisotopic (exact) mass is 257 g/mol. The standard InChI is InChI=1S/C13H23NO4/c1-11(2)7-8(12(3,4)18-11)13(5,10(16)17)9(15)14-6/h8H,7H2,1-6H3,(H,14,15)(H,16,17). The molecule has 1 aliphatic heterocycles. The van der Waals surface area contributed by atoms with E-state index in [1.807, 2.05) is 27.7 Å². The summed E-state index contributed by atoms with van der Waals surface area (Å²) < 4.78 is 5.90. The normalized spacial score (nSPS) is 28.4. The van der Waals surface area contributed by atoms with Gasteiger partial charge in [0.1, 0.15) is 5.41 Å². The number of carbonyl (C=O) groups is 2. The summed E-state index contributed by atoms with van der Waals surface area (Å²) in [6, 6.07) is 0. The molecular formula is C13H23NO4. The number of hydrogen-bond acceptors (Lipinski definition) is 3. The molecule has 1 aliphatic rings. The summed E-state index contributed by atoms with van der Waals surface area (Å²) in [6.45, 7) is 9.00. The molecular weight excluding hydrogens is 234 g/mol. The largest absolute Gasteiger partial charge is 0.480 e. The first-order valence-corrected chi connectivity index (χ1v) is 6.13. The second kappa shape index (κ2) is 4.23. The Balaban J connectivity index is 3.24. The number of rotatable bonds is 3. The first-order chi connectivity index (χ1) is 7.97. The van der Waals surface area contributed by atoms with Crippen LogP contribution in [0.25, 0.3) is 0 Å². The molecule has 5 nitrogen and oxygen atoms in total. The predicted molar refractivity (Wildman–Crippen MR) is 67.2 cm³/mol. The summed E-state index contributed by atoms with van der Waals surface area (Å²) in [5.41, 5.74) is -2.55. The molecule has 0 saturated carbocycles. The minimum atomic E-state index is -1.48. The number of carbonyl (C=O) groups excluding carboxylic acids is 1. The number of carboxylic acid groups (broad SMARTS) is 1. The van der Waals surface area contributed by atoms with Gasteiger partial charge in [-0.2, -0.15) is 0 Å². The van der Waals surface area contributed by atoms with Crippen LogP contribution in [0.4, 0.5) is 0 Å². The highest BCUT2D eigenvalue weighted by atomic mass is 16.5. The minimum Gasteiger partial charge on any atom is -0.480 e. The van der Waals surface area contributed by atoms with E-state index >= 15 is 0 Å². The van der Waals surface area contributed by atoms with Crippen molar-refractivity contribution >= 4 is 11.9 Å². The summed E-state index contributed by atoms with van der Waals surface area (Å²) in [6.07, 6.45) is 0.538. The summed E-state index contributed by atoms with van der Waals surface area (Å²) in [4.78, 5) is 23.6. The summed E-state index contributed by atoms with van der Waals surface area (Å²) in [7, 11) is 1.46. The Kier molecular flexibility index (Phi) is 3.51. The fourth-order valence-corrected chi connectivity index (χ4v) is 3.13. The molecule has 1 amide bonds.